The van der Waals surface area contributed by atoms with Crippen LogP contribution in [0.25, 0.3) is 0 Å². The van der Waals surface area contributed by atoms with E-state index in [2.05, 4.69) is 10.2 Å². The van der Waals surface area contributed by atoms with Gasteiger partial charge < -0.3 is 14.8 Å². The summed E-state index contributed by atoms with van der Waals surface area (Å²) in [4.78, 5) is 2.71. The van der Waals surface area contributed by atoms with Gasteiger partial charge in [-0.25, -0.2) is 0 Å². The van der Waals surface area contributed by atoms with E-state index in [1.807, 2.05) is 0 Å². The number of nitrogens with zero attached hydrogens (tertiary/aromatic N) is 1. The highest BCUT2D eigenvalue weighted by Crippen LogP contribution is 2.28. The van der Waals surface area contributed by atoms with Crippen LogP contribution in [-0.4, -0.2) is 64.1 Å². The van der Waals surface area contributed by atoms with E-state index < -0.39 is 0 Å². The highest BCUT2D eigenvalue weighted by molar-refractivity contribution is 4.87. The van der Waals surface area contributed by atoms with Crippen molar-refractivity contribution in [2.45, 2.75) is 38.1 Å². The van der Waals surface area contributed by atoms with Crippen molar-refractivity contribution >= 4 is 0 Å². The zero-order valence-corrected chi connectivity index (χ0v) is 12.4. The van der Waals surface area contributed by atoms with E-state index in [9.17, 15) is 0 Å². The highest BCUT2D eigenvalue weighted by atomic mass is 16.5. The van der Waals surface area contributed by atoms with Crippen molar-refractivity contribution in [3.8, 4) is 0 Å². The summed E-state index contributed by atoms with van der Waals surface area (Å²) in [6, 6.07) is 0.826. The largest absolute Gasteiger partial charge is 0.382 e. The SMILES string of the molecule is COCCOCCCN1CCCC1C1CCCNC1. The van der Waals surface area contributed by atoms with Crippen molar-refractivity contribution in [2.75, 3.05) is 53.1 Å². The van der Waals surface area contributed by atoms with Gasteiger partial charge in [-0.3, -0.25) is 4.90 Å². The van der Waals surface area contributed by atoms with Gasteiger partial charge in [0.15, 0.2) is 0 Å². The van der Waals surface area contributed by atoms with E-state index >= 15 is 0 Å². The first kappa shape index (κ1) is 15.2. The van der Waals surface area contributed by atoms with E-state index in [0.717, 1.165) is 31.6 Å². The minimum atomic E-state index is 0.708. The Morgan fingerprint density at radius 3 is 2.89 bits per heavy atom. The van der Waals surface area contributed by atoms with Crippen LogP contribution in [0.5, 0.6) is 0 Å². The summed E-state index contributed by atoms with van der Waals surface area (Å²) in [7, 11) is 1.72. The Hall–Kier alpha value is -0.160. The normalized spacial score (nSPS) is 28.9. The lowest BCUT2D eigenvalue weighted by atomic mass is 9.90. The minimum absolute atomic E-state index is 0.708. The summed E-state index contributed by atoms with van der Waals surface area (Å²) in [5.41, 5.74) is 0. The molecule has 4 nitrogen and oxygen atoms in total. The summed E-state index contributed by atoms with van der Waals surface area (Å²) >= 11 is 0. The average molecular weight is 270 g/mol. The molecule has 2 saturated heterocycles. The molecule has 4 heteroatoms. The Morgan fingerprint density at radius 1 is 1.16 bits per heavy atom. The maximum absolute atomic E-state index is 5.55. The van der Waals surface area contributed by atoms with E-state index in [1.54, 1.807) is 7.11 Å². The Morgan fingerprint density at radius 2 is 2.11 bits per heavy atom. The van der Waals surface area contributed by atoms with Gasteiger partial charge in [0.2, 0.25) is 0 Å². The van der Waals surface area contributed by atoms with Crippen LogP contribution in [0.15, 0.2) is 0 Å². The molecule has 2 rings (SSSR count). The first-order valence-electron chi connectivity index (χ1n) is 7.93. The first-order chi connectivity index (χ1) is 9.42. The lowest BCUT2D eigenvalue weighted by Gasteiger charge is -2.34. The number of likely N-dealkylation sites (tertiary alicyclic amines) is 1. The van der Waals surface area contributed by atoms with Crippen molar-refractivity contribution in [3.05, 3.63) is 0 Å². The number of ether oxygens (including phenoxy) is 2. The maximum Gasteiger partial charge on any atom is 0.0700 e. The minimum Gasteiger partial charge on any atom is -0.382 e. The van der Waals surface area contributed by atoms with E-state index in [4.69, 9.17) is 9.47 Å². The number of nitrogens with one attached hydrogen (secondary N) is 1. The third-order valence-electron chi connectivity index (χ3n) is 4.46. The van der Waals surface area contributed by atoms with Crippen molar-refractivity contribution in [1.29, 1.82) is 0 Å². The zero-order chi connectivity index (χ0) is 13.3. The van der Waals surface area contributed by atoms with Crippen LogP contribution in [0, 0.1) is 5.92 Å². The van der Waals surface area contributed by atoms with Gasteiger partial charge in [-0.2, -0.15) is 0 Å². The van der Waals surface area contributed by atoms with Crippen molar-refractivity contribution in [1.82, 2.24) is 10.2 Å². The van der Waals surface area contributed by atoms with Crippen LogP contribution < -0.4 is 5.32 Å². The molecule has 2 aliphatic heterocycles. The molecule has 2 atom stereocenters. The van der Waals surface area contributed by atoms with E-state index in [0.29, 0.717) is 6.61 Å². The number of methoxy groups -OCH3 is 1. The fourth-order valence-corrected chi connectivity index (χ4v) is 3.48. The number of hydrogen-bond donors (Lipinski definition) is 1. The number of piperidine rings is 1. The molecule has 0 radical (unpaired) electrons. The summed E-state index contributed by atoms with van der Waals surface area (Å²) in [5, 5.41) is 3.56. The molecule has 2 aliphatic rings. The van der Waals surface area contributed by atoms with Gasteiger partial charge in [0, 0.05) is 26.3 Å². The van der Waals surface area contributed by atoms with Gasteiger partial charge in [0.05, 0.1) is 13.2 Å². The smallest absolute Gasteiger partial charge is 0.0700 e. The molecule has 112 valence electrons. The molecule has 0 amide bonds. The molecule has 0 aromatic rings. The zero-order valence-electron chi connectivity index (χ0n) is 12.4. The topological polar surface area (TPSA) is 33.7 Å². The van der Waals surface area contributed by atoms with Crippen molar-refractivity contribution in [2.24, 2.45) is 5.92 Å². The van der Waals surface area contributed by atoms with Gasteiger partial charge in [0.1, 0.15) is 0 Å². The van der Waals surface area contributed by atoms with Gasteiger partial charge >= 0.3 is 0 Å². The molecule has 0 spiro atoms. The summed E-state index contributed by atoms with van der Waals surface area (Å²) in [6.45, 7) is 7.25. The monoisotopic (exact) mass is 270 g/mol. The van der Waals surface area contributed by atoms with Gasteiger partial charge in [0.25, 0.3) is 0 Å². The van der Waals surface area contributed by atoms with Crippen LogP contribution in [0.4, 0.5) is 0 Å². The molecule has 2 unspecified atom stereocenters. The fraction of sp³-hybridized carbons (Fsp3) is 1.00. The van der Waals surface area contributed by atoms with Crippen molar-refractivity contribution < 1.29 is 9.47 Å². The van der Waals surface area contributed by atoms with Crippen LogP contribution in [0.2, 0.25) is 0 Å². The molecular weight excluding hydrogens is 240 g/mol. The Balaban J connectivity index is 1.61. The fourth-order valence-electron chi connectivity index (χ4n) is 3.48. The Kier molecular flexibility index (Phi) is 7.14. The first-order valence-corrected chi connectivity index (χ1v) is 7.93. The summed E-state index contributed by atoms with van der Waals surface area (Å²) < 4.78 is 10.5. The summed E-state index contributed by atoms with van der Waals surface area (Å²) in [5.74, 6) is 0.880. The quantitative estimate of drug-likeness (QED) is 0.678. The van der Waals surface area contributed by atoms with Gasteiger partial charge in [-0.15, -0.1) is 0 Å². The molecule has 19 heavy (non-hydrogen) atoms. The second-order valence-electron chi connectivity index (χ2n) is 5.81. The second kappa shape index (κ2) is 8.90. The molecule has 2 heterocycles. The van der Waals surface area contributed by atoms with Gasteiger partial charge in [-0.05, 0) is 57.7 Å². The molecule has 2 fully saturated rings. The molecule has 1 N–H and O–H groups in total. The number of rotatable bonds is 8. The average Bonchev–Trinajstić information content (AvgIpc) is 2.92. The Labute approximate surface area is 117 Å². The Bertz CT molecular complexity index is 232. The molecule has 0 aromatic heterocycles. The third-order valence-corrected chi connectivity index (χ3v) is 4.46. The second-order valence-corrected chi connectivity index (χ2v) is 5.81. The van der Waals surface area contributed by atoms with Crippen LogP contribution >= 0.6 is 0 Å². The standard InChI is InChI=1S/C15H30N2O2/c1-18-11-12-19-10-4-9-17-8-3-6-15(17)14-5-2-7-16-13-14/h14-16H,2-13H2,1H3. The van der Waals surface area contributed by atoms with Crippen LogP contribution in [0.3, 0.4) is 0 Å². The molecule has 0 aliphatic carbocycles. The van der Waals surface area contributed by atoms with Crippen LogP contribution in [0.1, 0.15) is 32.1 Å². The van der Waals surface area contributed by atoms with E-state index in [-0.39, 0.29) is 0 Å². The lowest BCUT2D eigenvalue weighted by Crippen LogP contribution is -2.43. The number of hydrogen-bond acceptors (Lipinski definition) is 4. The predicted octanol–water partition coefficient (Wildman–Crippen LogP) is 1.50. The van der Waals surface area contributed by atoms with E-state index in [1.165, 1.54) is 51.9 Å². The maximum atomic E-state index is 5.55. The summed E-state index contributed by atoms with van der Waals surface area (Å²) in [6.07, 6.45) is 6.70. The molecule has 0 bridgehead atoms. The van der Waals surface area contributed by atoms with Gasteiger partial charge in [-0.1, -0.05) is 0 Å². The predicted molar refractivity (Wildman–Crippen MR) is 77.5 cm³/mol. The molecule has 0 saturated carbocycles. The molecular formula is C15H30N2O2. The third kappa shape index (κ3) is 5.03. The lowest BCUT2D eigenvalue weighted by molar-refractivity contribution is 0.0622. The highest BCUT2D eigenvalue weighted by Gasteiger charge is 2.31. The van der Waals surface area contributed by atoms with Crippen molar-refractivity contribution in [3.63, 3.8) is 0 Å². The molecule has 0 aromatic carbocycles. The van der Waals surface area contributed by atoms with Crippen LogP contribution in [-0.2, 0) is 9.47 Å².